The molecule has 1 aromatic heterocycles. The van der Waals surface area contributed by atoms with Crippen molar-refractivity contribution in [2.24, 2.45) is 0 Å². The number of thiazole rings is 1. The van der Waals surface area contributed by atoms with Crippen molar-refractivity contribution in [3.63, 3.8) is 0 Å². The average molecular weight is 254 g/mol. The molecule has 1 atom stereocenters. The predicted octanol–water partition coefficient (Wildman–Crippen LogP) is 2.24. The van der Waals surface area contributed by atoms with Crippen LogP contribution >= 0.6 is 11.3 Å². The summed E-state index contributed by atoms with van der Waals surface area (Å²) in [6.07, 6.45) is 3.93. The van der Waals surface area contributed by atoms with Crippen LogP contribution in [-0.4, -0.2) is 30.6 Å². The molecule has 0 spiro atoms. The molecule has 0 N–H and O–H groups in total. The monoisotopic (exact) mass is 254 g/mol. The lowest BCUT2D eigenvalue weighted by Crippen LogP contribution is -2.28. The summed E-state index contributed by atoms with van der Waals surface area (Å²) in [6.45, 7) is 3.30. The number of aromatic nitrogens is 1. The quantitative estimate of drug-likeness (QED) is 0.773. The summed E-state index contributed by atoms with van der Waals surface area (Å²) in [6, 6.07) is 0.618. The molecule has 1 unspecified atom stereocenters. The van der Waals surface area contributed by atoms with E-state index in [0.717, 1.165) is 23.8 Å². The molecular weight excluding hydrogens is 236 g/mol. The second-order valence-corrected chi connectivity index (χ2v) is 5.11. The molecule has 0 bridgehead atoms. The van der Waals surface area contributed by atoms with Crippen LogP contribution in [0.3, 0.4) is 0 Å². The zero-order chi connectivity index (χ0) is 12.3. The summed E-state index contributed by atoms with van der Waals surface area (Å²) < 4.78 is 4.64. The number of carbonyl (C=O) groups excluding carboxylic acids is 1. The third-order valence-electron chi connectivity index (χ3n) is 3.19. The van der Waals surface area contributed by atoms with E-state index in [0.29, 0.717) is 6.04 Å². The fourth-order valence-electron chi connectivity index (χ4n) is 2.24. The number of carbonyl (C=O) groups is 1. The molecule has 0 saturated carbocycles. The Labute approximate surface area is 106 Å². The maximum absolute atomic E-state index is 11.2. The molecule has 2 heterocycles. The van der Waals surface area contributed by atoms with Crippen LogP contribution < -0.4 is 4.90 Å². The van der Waals surface area contributed by atoms with Gasteiger partial charge in [-0.3, -0.25) is 4.79 Å². The van der Waals surface area contributed by atoms with E-state index in [1.54, 1.807) is 11.3 Å². The van der Waals surface area contributed by atoms with Crippen molar-refractivity contribution < 1.29 is 9.53 Å². The van der Waals surface area contributed by atoms with Gasteiger partial charge in [0.2, 0.25) is 0 Å². The van der Waals surface area contributed by atoms with Crippen LogP contribution in [0.25, 0.3) is 0 Å². The van der Waals surface area contributed by atoms with Crippen LogP contribution in [0.1, 0.15) is 31.9 Å². The standard InChI is InChI=1S/C12H18N2O2S/c1-3-10-5-4-6-14(10)12-13-9(8-17-12)7-11(15)16-2/h8,10H,3-7H2,1-2H3. The number of anilines is 1. The lowest BCUT2D eigenvalue weighted by atomic mass is 10.2. The van der Waals surface area contributed by atoms with Crippen molar-refractivity contribution in [1.82, 2.24) is 4.98 Å². The molecule has 5 heteroatoms. The first-order chi connectivity index (χ1) is 8.24. The number of esters is 1. The van der Waals surface area contributed by atoms with E-state index in [9.17, 15) is 4.79 Å². The molecule has 17 heavy (non-hydrogen) atoms. The van der Waals surface area contributed by atoms with E-state index in [1.807, 2.05) is 5.38 Å². The first kappa shape index (κ1) is 12.4. The zero-order valence-corrected chi connectivity index (χ0v) is 11.1. The van der Waals surface area contributed by atoms with E-state index in [-0.39, 0.29) is 12.4 Å². The Morgan fingerprint density at radius 1 is 1.71 bits per heavy atom. The topological polar surface area (TPSA) is 42.4 Å². The third kappa shape index (κ3) is 2.77. The van der Waals surface area contributed by atoms with Crippen LogP contribution in [0.4, 0.5) is 5.13 Å². The van der Waals surface area contributed by atoms with Gasteiger partial charge in [-0.2, -0.15) is 0 Å². The smallest absolute Gasteiger partial charge is 0.311 e. The molecule has 1 aromatic rings. The third-order valence-corrected chi connectivity index (χ3v) is 4.11. The first-order valence-corrected chi connectivity index (χ1v) is 6.90. The number of ether oxygens (including phenoxy) is 1. The van der Waals surface area contributed by atoms with Crippen LogP contribution in [0.15, 0.2) is 5.38 Å². The average Bonchev–Trinajstić information content (AvgIpc) is 2.95. The molecule has 2 rings (SSSR count). The second kappa shape index (κ2) is 5.49. The van der Waals surface area contributed by atoms with E-state index in [1.165, 1.54) is 20.0 Å². The Kier molecular flexibility index (Phi) is 3.99. The molecule has 1 aliphatic rings. The largest absolute Gasteiger partial charge is 0.469 e. The summed E-state index contributed by atoms with van der Waals surface area (Å²) >= 11 is 1.63. The minimum atomic E-state index is -0.227. The van der Waals surface area contributed by atoms with Gasteiger partial charge in [0.25, 0.3) is 0 Å². The number of hydrogen-bond acceptors (Lipinski definition) is 5. The van der Waals surface area contributed by atoms with Crippen molar-refractivity contribution in [1.29, 1.82) is 0 Å². The minimum Gasteiger partial charge on any atom is -0.469 e. The number of rotatable bonds is 4. The van der Waals surface area contributed by atoms with Gasteiger partial charge in [-0.15, -0.1) is 11.3 Å². The van der Waals surface area contributed by atoms with Gasteiger partial charge in [-0.1, -0.05) is 6.92 Å². The number of hydrogen-bond donors (Lipinski definition) is 0. The van der Waals surface area contributed by atoms with Gasteiger partial charge in [-0.25, -0.2) is 4.98 Å². The zero-order valence-electron chi connectivity index (χ0n) is 10.3. The Bertz CT molecular complexity index is 392. The van der Waals surface area contributed by atoms with E-state index in [2.05, 4.69) is 21.5 Å². The summed E-state index contributed by atoms with van der Waals surface area (Å²) in [5, 5.41) is 3.00. The lowest BCUT2D eigenvalue weighted by Gasteiger charge is -2.22. The molecule has 1 aliphatic heterocycles. The van der Waals surface area contributed by atoms with Crippen LogP contribution in [0, 0.1) is 0 Å². The fourth-order valence-corrected chi connectivity index (χ4v) is 3.16. The van der Waals surface area contributed by atoms with Gasteiger partial charge in [-0.05, 0) is 19.3 Å². The Morgan fingerprint density at radius 3 is 3.24 bits per heavy atom. The van der Waals surface area contributed by atoms with Gasteiger partial charge in [0.1, 0.15) is 0 Å². The van der Waals surface area contributed by atoms with Crippen molar-refractivity contribution in [2.75, 3.05) is 18.6 Å². The van der Waals surface area contributed by atoms with Crippen LogP contribution in [0.2, 0.25) is 0 Å². The molecule has 1 saturated heterocycles. The maximum atomic E-state index is 11.2. The van der Waals surface area contributed by atoms with Crippen molar-refractivity contribution in [3.05, 3.63) is 11.1 Å². The van der Waals surface area contributed by atoms with Gasteiger partial charge in [0.05, 0.1) is 19.2 Å². The summed E-state index contributed by atoms with van der Waals surface area (Å²) in [7, 11) is 1.41. The second-order valence-electron chi connectivity index (χ2n) is 4.27. The maximum Gasteiger partial charge on any atom is 0.311 e. The molecular formula is C12H18N2O2S. The van der Waals surface area contributed by atoms with Gasteiger partial charge in [0, 0.05) is 18.0 Å². The Balaban J connectivity index is 2.04. The minimum absolute atomic E-state index is 0.227. The summed E-state index contributed by atoms with van der Waals surface area (Å²) in [4.78, 5) is 18.0. The van der Waals surface area contributed by atoms with Gasteiger partial charge in [0.15, 0.2) is 5.13 Å². The SMILES string of the molecule is CCC1CCCN1c1nc(CC(=O)OC)cs1. The molecule has 4 nitrogen and oxygen atoms in total. The Hall–Kier alpha value is -1.10. The highest BCUT2D eigenvalue weighted by atomic mass is 32.1. The fraction of sp³-hybridized carbons (Fsp3) is 0.667. The predicted molar refractivity (Wildman–Crippen MR) is 68.5 cm³/mol. The normalized spacial score (nSPS) is 19.6. The molecule has 0 aromatic carbocycles. The highest BCUT2D eigenvalue weighted by Gasteiger charge is 2.25. The van der Waals surface area contributed by atoms with E-state index >= 15 is 0 Å². The number of nitrogens with zero attached hydrogens (tertiary/aromatic N) is 2. The van der Waals surface area contributed by atoms with Crippen LogP contribution in [0.5, 0.6) is 0 Å². The highest BCUT2D eigenvalue weighted by molar-refractivity contribution is 7.13. The molecule has 94 valence electrons. The molecule has 0 amide bonds. The first-order valence-electron chi connectivity index (χ1n) is 6.02. The van der Waals surface area contributed by atoms with Crippen molar-refractivity contribution in [2.45, 2.75) is 38.6 Å². The molecule has 0 radical (unpaired) electrons. The lowest BCUT2D eigenvalue weighted by molar-refractivity contribution is -0.139. The van der Waals surface area contributed by atoms with Crippen molar-refractivity contribution in [3.8, 4) is 0 Å². The van der Waals surface area contributed by atoms with E-state index in [4.69, 9.17) is 0 Å². The Morgan fingerprint density at radius 2 is 2.53 bits per heavy atom. The number of methoxy groups -OCH3 is 1. The summed E-state index contributed by atoms with van der Waals surface area (Å²) in [5.74, 6) is -0.227. The summed E-state index contributed by atoms with van der Waals surface area (Å²) in [5.41, 5.74) is 0.818. The van der Waals surface area contributed by atoms with Gasteiger partial charge >= 0.3 is 5.97 Å². The van der Waals surface area contributed by atoms with Crippen LogP contribution in [-0.2, 0) is 16.0 Å². The highest BCUT2D eigenvalue weighted by Crippen LogP contribution is 2.29. The van der Waals surface area contributed by atoms with E-state index < -0.39 is 0 Å². The van der Waals surface area contributed by atoms with Gasteiger partial charge < -0.3 is 9.64 Å². The molecule has 1 fully saturated rings. The molecule has 0 aliphatic carbocycles. The van der Waals surface area contributed by atoms with Crippen molar-refractivity contribution >= 4 is 22.4 Å².